The van der Waals surface area contributed by atoms with Crippen molar-refractivity contribution in [1.29, 1.82) is 0 Å². The number of ketones is 1. The molecular weight excluding hydrogens is 156 g/mol. The van der Waals surface area contributed by atoms with Crippen LogP contribution >= 0.6 is 0 Å². The molecule has 12 heavy (non-hydrogen) atoms. The average Bonchev–Trinajstić information content (AvgIpc) is 1.96. The highest BCUT2D eigenvalue weighted by molar-refractivity contribution is 5.78. The molecule has 0 spiro atoms. The zero-order chi connectivity index (χ0) is 9.56. The average molecular weight is 174 g/mol. The van der Waals surface area contributed by atoms with Crippen LogP contribution in [-0.4, -0.2) is 28.2 Å². The molecule has 0 radical (unpaired) electrons. The minimum absolute atomic E-state index is 0.122. The molecule has 72 valence electrons. The molecule has 3 heteroatoms. The van der Waals surface area contributed by atoms with Gasteiger partial charge in [-0.3, -0.25) is 4.79 Å². The Kier molecular flexibility index (Phi) is 5.93. The molecule has 2 N–H and O–H groups in total. The maximum Gasteiger partial charge on any atom is 0.133 e. The lowest BCUT2D eigenvalue weighted by atomic mass is 10.1. The predicted octanol–water partition coefficient (Wildman–Crippen LogP) is 0.877. The van der Waals surface area contributed by atoms with Gasteiger partial charge in [-0.1, -0.05) is 0 Å². The summed E-state index contributed by atoms with van der Waals surface area (Å²) in [6, 6.07) is 0. The van der Waals surface area contributed by atoms with Gasteiger partial charge in [-0.15, -0.1) is 0 Å². The lowest BCUT2D eigenvalue weighted by Crippen LogP contribution is -2.08. The molecule has 0 aromatic carbocycles. The normalized spacial score (nSPS) is 15.7. The first-order valence-corrected chi connectivity index (χ1v) is 4.40. The van der Waals surface area contributed by atoms with Crippen molar-refractivity contribution in [2.75, 3.05) is 0 Å². The quantitative estimate of drug-likeness (QED) is 0.628. The number of carbonyl (C=O) groups excluding carboxylic acids is 1. The van der Waals surface area contributed by atoms with E-state index in [9.17, 15) is 4.79 Å². The van der Waals surface area contributed by atoms with Gasteiger partial charge in [0, 0.05) is 12.8 Å². The summed E-state index contributed by atoms with van der Waals surface area (Å²) in [7, 11) is 0. The van der Waals surface area contributed by atoms with Gasteiger partial charge < -0.3 is 10.2 Å². The van der Waals surface area contributed by atoms with Crippen LogP contribution in [0, 0.1) is 0 Å². The SMILES string of the molecule is CC(O)CCC(=O)CCC(C)O. The van der Waals surface area contributed by atoms with E-state index in [1.807, 2.05) is 0 Å². The third kappa shape index (κ3) is 7.69. The van der Waals surface area contributed by atoms with Gasteiger partial charge in [0.25, 0.3) is 0 Å². The van der Waals surface area contributed by atoms with Crippen LogP contribution in [0.2, 0.25) is 0 Å². The van der Waals surface area contributed by atoms with Crippen LogP contribution in [0.15, 0.2) is 0 Å². The molecule has 0 aromatic heterocycles. The molecule has 0 amide bonds. The Labute approximate surface area is 73.4 Å². The standard InChI is InChI=1S/C9H18O3/c1-7(10)3-5-9(12)6-4-8(2)11/h7-8,10-11H,3-6H2,1-2H3. The number of rotatable bonds is 6. The van der Waals surface area contributed by atoms with E-state index in [2.05, 4.69) is 0 Å². The number of aliphatic hydroxyl groups excluding tert-OH is 2. The van der Waals surface area contributed by atoms with E-state index in [4.69, 9.17) is 10.2 Å². The summed E-state index contributed by atoms with van der Waals surface area (Å²) in [5.41, 5.74) is 0. The van der Waals surface area contributed by atoms with Gasteiger partial charge in [-0.25, -0.2) is 0 Å². The first kappa shape index (κ1) is 11.6. The maximum atomic E-state index is 11.0. The number of hydrogen-bond acceptors (Lipinski definition) is 3. The second kappa shape index (κ2) is 6.14. The van der Waals surface area contributed by atoms with E-state index in [0.717, 1.165) is 0 Å². The topological polar surface area (TPSA) is 57.5 Å². The van der Waals surface area contributed by atoms with Gasteiger partial charge in [-0.05, 0) is 26.7 Å². The molecule has 0 saturated carbocycles. The fourth-order valence-corrected chi connectivity index (χ4v) is 0.865. The third-order valence-electron chi connectivity index (χ3n) is 1.68. The van der Waals surface area contributed by atoms with E-state index >= 15 is 0 Å². The largest absolute Gasteiger partial charge is 0.393 e. The lowest BCUT2D eigenvalue weighted by molar-refractivity contribution is -0.120. The number of Topliss-reactive ketones (excluding diaryl/α,β-unsaturated/α-hetero) is 1. The van der Waals surface area contributed by atoms with Crippen molar-refractivity contribution in [2.45, 2.75) is 51.7 Å². The Balaban J connectivity index is 3.34. The van der Waals surface area contributed by atoms with Crippen molar-refractivity contribution in [1.82, 2.24) is 0 Å². The van der Waals surface area contributed by atoms with Crippen molar-refractivity contribution in [3.63, 3.8) is 0 Å². The van der Waals surface area contributed by atoms with Crippen molar-refractivity contribution in [2.24, 2.45) is 0 Å². The van der Waals surface area contributed by atoms with E-state index in [0.29, 0.717) is 25.7 Å². The predicted molar refractivity (Wildman–Crippen MR) is 46.8 cm³/mol. The molecule has 2 unspecified atom stereocenters. The molecule has 0 saturated heterocycles. The van der Waals surface area contributed by atoms with E-state index < -0.39 is 12.2 Å². The zero-order valence-corrected chi connectivity index (χ0v) is 7.79. The molecule has 0 aliphatic heterocycles. The summed E-state index contributed by atoms with van der Waals surface area (Å²) in [6.07, 6.45) is 1.09. The highest BCUT2D eigenvalue weighted by atomic mass is 16.3. The highest BCUT2D eigenvalue weighted by Gasteiger charge is 2.05. The zero-order valence-electron chi connectivity index (χ0n) is 7.79. The Bertz CT molecular complexity index is 116. The van der Waals surface area contributed by atoms with Gasteiger partial charge in [-0.2, -0.15) is 0 Å². The monoisotopic (exact) mass is 174 g/mol. The van der Waals surface area contributed by atoms with Gasteiger partial charge in [0.15, 0.2) is 0 Å². The molecule has 0 aliphatic rings. The van der Waals surface area contributed by atoms with E-state index in [-0.39, 0.29) is 5.78 Å². The minimum atomic E-state index is -0.402. The fourth-order valence-electron chi connectivity index (χ4n) is 0.865. The summed E-state index contributed by atoms with van der Waals surface area (Å²) < 4.78 is 0. The molecule has 0 bridgehead atoms. The van der Waals surface area contributed by atoms with Crippen LogP contribution in [0.25, 0.3) is 0 Å². The van der Waals surface area contributed by atoms with Gasteiger partial charge in [0.05, 0.1) is 12.2 Å². The molecule has 2 atom stereocenters. The summed E-state index contributed by atoms with van der Waals surface area (Å²) in [5, 5.41) is 17.8. The molecule has 0 aromatic rings. The first-order chi connectivity index (χ1) is 5.52. The molecule has 0 rings (SSSR count). The van der Waals surface area contributed by atoms with Crippen molar-refractivity contribution in [3.05, 3.63) is 0 Å². The number of hydrogen-bond donors (Lipinski definition) is 2. The summed E-state index contributed by atoms with van der Waals surface area (Å²) >= 11 is 0. The Hall–Kier alpha value is -0.410. The Morgan fingerprint density at radius 1 is 1.08 bits per heavy atom. The maximum absolute atomic E-state index is 11.0. The minimum Gasteiger partial charge on any atom is -0.393 e. The van der Waals surface area contributed by atoms with E-state index in [1.54, 1.807) is 13.8 Å². The Morgan fingerprint density at radius 2 is 1.42 bits per heavy atom. The first-order valence-electron chi connectivity index (χ1n) is 4.40. The van der Waals surface area contributed by atoms with Gasteiger partial charge >= 0.3 is 0 Å². The molecule has 0 aliphatic carbocycles. The van der Waals surface area contributed by atoms with Gasteiger partial charge in [0.1, 0.15) is 5.78 Å². The number of carbonyl (C=O) groups is 1. The summed E-state index contributed by atoms with van der Waals surface area (Å²) in [4.78, 5) is 11.0. The van der Waals surface area contributed by atoms with Crippen LogP contribution in [-0.2, 0) is 4.79 Å². The van der Waals surface area contributed by atoms with Crippen molar-refractivity contribution < 1.29 is 15.0 Å². The Morgan fingerprint density at radius 3 is 1.67 bits per heavy atom. The molecule has 0 fully saturated rings. The van der Waals surface area contributed by atoms with Crippen LogP contribution in [0.3, 0.4) is 0 Å². The second-order valence-corrected chi connectivity index (χ2v) is 3.31. The van der Waals surface area contributed by atoms with Crippen LogP contribution in [0.4, 0.5) is 0 Å². The second-order valence-electron chi connectivity index (χ2n) is 3.31. The number of aliphatic hydroxyl groups is 2. The van der Waals surface area contributed by atoms with Crippen molar-refractivity contribution >= 4 is 5.78 Å². The third-order valence-corrected chi connectivity index (χ3v) is 1.68. The van der Waals surface area contributed by atoms with Gasteiger partial charge in [0.2, 0.25) is 0 Å². The smallest absolute Gasteiger partial charge is 0.133 e. The van der Waals surface area contributed by atoms with Crippen LogP contribution < -0.4 is 0 Å². The van der Waals surface area contributed by atoms with Crippen LogP contribution in [0.1, 0.15) is 39.5 Å². The molecule has 3 nitrogen and oxygen atoms in total. The summed E-state index contributed by atoms with van der Waals surface area (Å²) in [6.45, 7) is 3.34. The van der Waals surface area contributed by atoms with Crippen molar-refractivity contribution in [3.8, 4) is 0 Å². The lowest BCUT2D eigenvalue weighted by Gasteiger charge is -2.04. The summed E-state index contributed by atoms with van der Waals surface area (Å²) in [5.74, 6) is 0.122. The highest BCUT2D eigenvalue weighted by Crippen LogP contribution is 2.03. The molecular formula is C9H18O3. The fraction of sp³-hybridized carbons (Fsp3) is 0.889. The molecule has 0 heterocycles. The van der Waals surface area contributed by atoms with Crippen LogP contribution in [0.5, 0.6) is 0 Å². The van der Waals surface area contributed by atoms with E-state index in [1.165, 1.54) is 0 Å².